The van der Waals surface area contributed by atoms with E-state index < -0.39 is 36.6 Å². The molecule has 27 heavy (non-hydrogen) atoms. The molecule has 0 radical (unpaired) electrons. The summed E-state index contributed by atoms with van der Waals surface area (Å²) < 4.78 is 61.2. The van der Waals surface area contributed by atoms with Crippen LogP contribution in [0.25, 0.3) is 0 Å². The van der Waals surface area contributed by atoms with Crippen molar-refractivity contribution in [3.05, 3.63) is 0 Å². The second-order valence-corrected chi connectivity index (χ2v) is 8.00. The number of rotatable bonds is 6. The lowest BCUT2D eigenvalue weighted by Crippen LogP contribution is -2.57. The Labute approximate surface area is 159 Å². The van der Waals surface area contributed by atoms with E-state index in [9.17, 15) is 22.8 Å². The fourth-order valence-corrected chi connectivity index (χ4v) is 4.94. The number of carbonyl (C=O) groups excluding carboxylic acids is 2. The topological polar surface area (TPSA) is 90.8 Å². The molecule has 13 heteroatoms. The van der Waals surface area contributed by atoms with Crippen LogP contribution in [0.15, 0.2) is 5.03 Å². The number of piperidine rings is 1. The van der Waals surface area contributed by atoms with Crippen LogP contribution >= 0.6 is 23.5 Å². The van der Waals surface area contributed by atoms with E-state index in [4.69, 9.17) is 14.2 Å². The maximum atomic E-state index is 12.2. The molecule has 0 amide bonds. The Morgan fingerprint density at radius 3 is 2.74 bits per heavy atom. The Balaban J connectivity index is 1.44. The van der Waals surface area contributed by atoms with Crippen LogP contribution < -0.4 is 4.74 Å². The molecular weight excluding hydrogens is 411 g/mol. The third-order valence-electron chi connectivity index (χ3n) is 4.61. The molecular formula is C14H14F3N3O5S2. The van der Waals surface area contributed by atoms with Gasteiger partial charge in [-0.3, -0.25) is 0 Å². The molecule has 0 aliphatic carbocycles. The molecule has 1 spiro atoms. The van der Waals surface area contributed by atoms with Gasteiger partial charge in [-0.1, -0.05) is 11.8 Å². The zero-order chi connectivity index (χ0) is 19.2. The van der Waals surface area contributed by atoms with Gasteiger partial charge in [-0.2, -0.15) is 17.5 Å². The van der Waals surface area contributed by atoms with Crippen molar-refractivity contribution in [2.75, 3.05) is 18.8 Å². The summed E-state index contributed by atoms with van der Waals surface area (Å²) in [5, 5.41) is 0.366. The first-order valence-electron chi connectivity index (χ1n) is 8.18. The molecule has 148 valence electrons. The van der Waals surface area contributed by atoms with Crippen molar-refractivity contribution < 1.29 is 37.0 Å². The molecule has 1 aromatic rings. The monoisotopic (exact) mass is 425 g/mol. The van der Waals surface area contributed by atoms with Gasteiger partial charge in [0.2, 0.25) is 0 Å². The zero-order valence-electron chi connectivity index (χ0n) is 13.7. The highest BCUT2D eigenvalue weighted by molar-refractivity contribution is 7.99. The lowest BCUT2D eigenvalue weighted by Gasteiger charge is -2.36. The summed E-state index contributed by atoms with van der Waals surface area (Å²) in [7, 11) is 0. The molecule has 2 bridgehead atoms. The van der Waals surface area contributed by atoms with Gasteiger partial charge >= 0.3 is 24.0 Å². The van der Waals surface area contributed by atoms with E-state index in [2.05, 4.69) is 8.75 Å². The van der Waals surface area contributed by atoms with Gasteiger partial charge in [0.1, 0.15) is 0 Å². The summed E-state index contributed by atoms with van der Waals surface area (Å²) in [6.07, 6.45) is -5.11. The first kappa shape index (κ1) is 18.7. The fraction of sp³-hybridized carbons (Fsp3) is 0.714. The first-order chi connectivity index (χ1) is 12.8. The number of carbonyl (C=O) groups is 2. The van der Waals surface area contributed by atoms with Gasteiger partial charge < -0.3 is 14.2 Å². The van der Waals surface area contributed by atoms with E-state index in [1.807, 2.05) is 0 Å². The van der Waals surface area contributed by atoms with Crippen LogP contribution in [0.1, 0.15) is 19.3 Å². The minimum absolute atomic E-state index is 0.0338. The minimum Gasteiger partial charge on any atom is -0.461 e. The van der Waals surface area contributed by atoms with Crippen LogP contribution in [0.2, 0.25) is 0 Å². The predicted octanol–water partition coefficient (Wildman–Crippen LogP) is 1.81. The van der Waals surface area contributed by atoms with Crippen LogP contribution in [0.3, 0.4) is 0 Å². The molecule has 0 aromatic carbocycles. The van der Waals surface area contributed by atoms with Crippen LogP contribution in [0.4, 0.5) is 13.2 Å². The van der Waals surface area contributed by atoms with E-state index in [0.717, 1.165) is 29.9 Å². The van der Waals surface area contributed by atoms with Gasteiger partial charge in [0.05, 0.1) is 11.7 Å². The van der Waals surface area contributed by atoms with E-state index in [0.29, 0.717) is 18.1 Å². The number of aromatic nitrogens is 2. The van der Waals surface area contributed by atoms with E-state index in [1.54, 1.807) is 4.90 Å². The van der Waals surface area contributed by atoms with Gasteiger partial charge in [0, 0.05) is 31.2 Å². The Kier molecular flexibility index (Phi) is 4.71. The Morgan fingerprint density at radius 1 is 1.30 bits per heavy atom. The largest absolute Gasteiger partial charge is 0.461 e. The molecule has 3 aliphatic heterocycles. The Bertz CT molecular complexity index is 743. The van der Waals surface area contributed by atoms with Crippen molar-refractivity contribution in [3.8, 4) is 5.88 Å². The fourth-order valence-electron chi connectivity index (χ4n) is 3.48. The van der Waals surface area contributed by atoms with Crippen LogP contribution in [-0.4, -0.2) is 62.6 Å². The number of thioether (sulfide) groups is 1. The highest BCUT2D eigenvalue weighted by Gasteiger charge is 2.69. The number of hydrogen-bond donors (Lipinski definition) is 0. The number of nitrogens with zero attached hydrogens (tertiary/aromatic N) is 3. The summed E-state index contributed by atoms with van der Waals surface area (Å²) in [6, 6.07) is 0. The van der Waals surface area contributed by atoms with Crippen LogP contribution in [-0.2, 0) is 19.1 Å². The highest BCUT2D eigenvalue weighted by atomic mass is 32.2. The van der Waals surface area contributed by atoms with Gasteiger partial charge in [0.25, 0.3) is 5.88 Å². The first-order valence-corrected chi connectivity index (χ1v) is 9.90. The summed E-state index contributed by atoms with van der Waals surface area (Å²) in [5.74, 6) is -3.43. The van der Waals surface area contributed by atoms with Crippen LogP contribution in [0, 0.1) is 5.92 Å². The number of hydrogen-bond acceptors (Lipinski definition) is 10. The van der Waals surface area contributed by atoms with Crippen molar-refractivity contribution in [2.45, 2.75) is 42.5 Å². The summed E-state index contributed by atoms with van der Waals surface area (Å²) in [5.41, 5.74) is 0. The van der Waals surface area contributed by atoms with Gasteiger partial charge in [-0.05, 0) is 12.8 Å². The number of alkyl halides is 3. The predicted molar refractivity (Wildman–Crippen MR) is 84.9 cm³/mol. The molecule has 1 aromatic heterocycles. The van der Waals surface area contributed by atoms with Gasteiger partial charge in [0.15, 0.2) is 11.1 Å². The number of fused-ring (bicyclic) bond motifs is 3. The standard InChI is InChI=1S/C14H14F3N3O5S2/c15-13(16,17)3-1-5-26-10-9(18-27-19-10)23-8-7-2-4-20(6-7)14(8)24-11(21)12(22)25-14/h7-8H,1-6H2. The highest BCUT2D eigenvalue weighted by Crippen LogP contribution is 2.47. The quantitative estimate of drug-likeness (QED) is 0.293. The molecule has 3 aliphatic rings. The smallest absolute Gasteiger partial charge is 0.422 e. The summed E-state index contributed by atoms with van der Waals surface area (Å²) in [6.45, 7) is 1.14. The molecule has 4 heterocycles. The van der Waals surface area contributed by atoms with Crippen molar-refractivity contribution >= 4 is 35.4 Å². The maximum Gasteiger partial charge on any atom is 0.422 e. The number of ether oxygens (including phenoxy) is 3. The van der Waals surface area contributed by atoms with Crippen molar-refractivity contribution in [1.29, 1.82) is 0 Å². The SMILES string of the molecule is O=C1OC2(OC1=O)C(Oc1nsnc1SCCCC(F)(F)F)C1CCN2C1. The summed E-state index contributed by atoms with van der Waals surface area (Å²) in [4.78, 5) is 24.9. The summed E-state index contributed by atoms with van der Waals surface area (Å²) >= 11 is 1.98. The van der Waals surface area contributed by atoms with Gasteiger partial charge in [-0.15, -0.1) is 4.37 Å². The van der Waals surface area contributed by atoms with E-state index in [-0.39, 0.29) is 24.0 Å². The van der Waals surface area contributed by atoms with Crippen molar-refractivity contribution in [1.82, 2.24) is 13.6 Å². The molecule has 3 fully saturated rings. The lowest BCUT2D eigenvalue weighted by molar-refractivity contribution is -0.273. The molecule has 0 N–H and O–H groups in total. The minimum atomic E-state index is -4.19. The molecule has 3 atom stereocenters. The second kappa shape index (κ2) is 6.78. The molecule has 3 unspecified atom stereocenters. The second-order valence-electron chi connectivity index (χ2n) is 6.38. The Morgan fingerprint density at radius 2 is 2.04 bits per heavy atom. The zero-order valence-corrected chi connectivity index (χ0v) is 15.4. The van der Waals surface area contributed by atoms with E-state index in [1.165, 1.54) is 0 Å². The normalized spacial score (nSPS) is 28.6. The third-order valence-corrected chi connectivity index (χ3v) is 6.27. The molecule has 3 saturated heterocycles. The maximum absolute atomic E-state index is 12.2. The average molecular weight is 425 g/mol. The van der Waals surface area contributed by atoms with Crippen LogP contribution in [0.5, 0.6) is 5.88 Å². The molecule has 0 saturated carbocycles. The number of halogens is 3. The third kappa shape index (κ3) is 3.47. The number of esters is 2. The average Bonchev–Trinajstić information content (AvgIpc) is 3.32. The Hall–Kier alpha value is -1.60. The lowest BCUT2D eigenvalue weighted by atomic mass is 9.99. The molecule has 4 rings (SSSR count). The van der Waals surface area contributed by atoms with Crippen molar-refractivity contribution in [3.63, 3.8) is 0 Å². The van der Waals surface area contributed by atoms with E-state index >= 15 is 0 Å². The molecule has 8 nitrogen and oxygen atoms in total. The van der Waals surface area contributed by atoms with Crippen molar-refractivity contribution in [2.24, 2.45) is 5.92 Å². The van der Waals surface area contributed by atoms with Gasteiger partial charge in [-0.25, -0.2) is 14.5 Å².